The van der Waals surface area contributed by atoms with Gasteiger partial charge in [-0.3, -0.25) is 0 Å². The predicted molar refractivity (Wildman–Crippen MR) is 64.9 cm³/mol. The van der Waals surface area contributed by atoms with Gasteiger partial charge in [-0.25, -0.2) is 0 Å². The van der Waals surface area contributed by atoms with Gasteiger partial charge in [-0.2, -0.15) is 0 Å². The summed E-state index contributed by atoms with van der Waals surface area (Å²) in [6, 6.07) is 17.3. The first-order valence-electron chi connectivity index (χ1n) is 5.13. The number of hydrogen-bond donors (Lipinski definition) is 2. The van der Waals surface area contributed by atoms with Crippen LogP contribution in [0.2, 0.25) is 0 Å². The smallest absolute Gasteiger partial charge is 0.429 e. The molecule has 3 rings (SSSR count). The molecule has 2 N–H and O–H groups in total. The topological polar surface area (TPSA) is 40.5 Å². The molecular weight excluding hydrogens is 199 g/mol. The molecular formula is C13H12BO2. The molecule has 0 bridgehead atoms. The molecule has 79 valence electrons. The molecule has 0 atom stereocenters. The predicted octanol–water partition coefficient (Wildman–Crippen LogP) is 1.76. The Labute approximate surface area is 95.5 Å². The van der Waals surface area contributed by atoms with Crippen molar-refractivity contribution in [3.05, 3.63) is 59.7 Å². The minimum absolute atomic E-state index is 0. The molecule has 0 unspecified atom stereocenters. The van der Waals surface area contributed by atoms with Crippen molar-refractivity contribution in [1.29, 1.82) is 0 Å². The average Bonchev–Trinajstić information content (AvgIpc) is 2.68. The maximum absolute atomic E-state index is 7.00. The van der Waals surface area contributed by atoms with E-state index in [2.05, 4.69) is 48.5 Å². The van der Waals surface area contributed by atoms with Gasteiger partial charge in [-0.15, -0.1) is 0 Å². The first-order chi connectivity index (χ1) is 7.86. The van der Waals surface area contributed by atoms with Crippen molar-refractivity contribution in [2.75, 3.05) is 0 Å². The highest BCUT2D eigenvalue weighted by molar-refractivity contribution is 6.13. The third kappa shape index (κ3) is 2.01. The van der Waals surface area contributed by atoms with Crippen LogP contribution in [0.4, 0.5) is 0 Å². The van der Waals surface area contributed by atoms with Crippen LogP contribution in [-0.4, -0.2) is 17.7 Å². The zero-order chi connectivity index (χ0) is 11.4. The summed E-state index contributed by atoms with van der Waals surface area (Å²) in [5.41, 5.74) is 5.75. The molecule has 1 radical (unpaired) electrons. The Morgan fingerprint density at radius 2 is 1.12 bits per heavy atom. The number of rotatable bonds is 0. The minimum atomic E-state index is 0. The lowest BCUT2D eigenvalue weighted by atomic mass is 10.1. The van der Waals surface area contributed by atoms with E-state index in [0.29, 0.717) is 0 Å². The van der Waals surface area contributed by atoms with E-state index in [1.807, 2.05) is 0 Å². The SMILES string of the molecule is O[B]O.c1ccc2c(c1)Cc1ccccc1-2. The van der Waals surface area contributed by atoms with Crippen molar-refractivity contribution in [2.45, 2.75) is 6.42 Å². The normalized spacial score (nSPS) is 10.9. The first kappa shape index (κ1) is 10.9. The molecule has 0 saturated heterocycles. The first-order valence-corrected chi connectivity index (χ1v) is 5.13. The van der Waals surface area contributed by atoms with Crippen LogP contribution in [0.1, 0.15) is 11.1 Å². The van der Waals surface area contributed by atoms with E-state index < -0.39 is 0 Å². The van der Waals surface area contributed by atoms with Crippen molar-refractivity contribution in [1.82, 2.24) is 0 Å². The molecule has 2 nitrogen and oxygen atoms in total. The molecule has 0 fully saturated rings. The summed E-state index contributed by atoms with van der Waals surface area (Å²) in [5, 5.41) is 14.0. The molecule has 0 heterocycles. The van der Waals surface area contributed by atoms with Gasteiger partial charge >= 0.3 is 7.69 Å². The largest absolute Gasteiger partial charge is 0.482 e. The Morgan fingerprint density at radius 1 is 0.750 bits per heavy atom. The van der Waals surface area contributed by atoms with Crippen molar-refractivity contribution in [3.63, 3.8) is 0 Å². The molecule has 0 amide bonds. The summed E-state index contributed by atoms with van der Waals surface area (Å²) in [4.78, 5) is 0. The third-order valence-corrected chi connectivity index (χ3v) is 2.71. The second-order valence-electron chi connectivity index (χ2n) is 3.61. The Hall–Kier alpha value is -1.58. The van der Waals surface area contributed by atoms with E-state index in [0.717, 1.165) is 6.42 Å². The molecule has 0 saturated carbocycles. The van der Waals surface area contributed by atoms with Crippen molar-refractivity contribution >= 4 is 7.69 Å². The lowest BCUT2D eigenvalue weighted by Crippen LogP contribution is -1.77. The molecule has 1 aliphatic carbocycles. The molecule has 1 aliphatic rings. The Bertz CT molecular complexity index is 439. The van der Waals surface area contributed by atoms with Gasteiger partial charge in [0.25, 0.3) is 0 Å². The lowest BCUT2D eigenvalue weighted by molar-refractivity contribution is 0.448. The summed E-state index contributed by atoms with van der Waals surface area (Å²) in [7, 11) is 0. The van der Waals surface area contributed by atoms with Gasteiger partial charge in [0.05, 0.1) is 0 Å². The maximum Gasteiger partial charge on any atom is 0.482 e. The second kappa shape index (κ2) is 4.97. The summed E-state index contributed by atoms with van der Waals surface area (Å²) in [6.07, 6.45) is 1.10. The highest BCUT2D eigenvalue weighted by Crippen LogP contribution is 2.35. The minimum Gasteiger partial charge on any atom is -0.429 e. The third-order valence-electron chi connectivity index (χ3n) is 2.71. The van der Waals surface area contributed by atoms with E-state index in [4.69, 9.17) is 10.0 Å². The van der Waals surface area contributed by atoms with Gasteiger partial charge < -0.3 is 10.0 Å². The summed E-state index contributed by atoms with van der Waals surface area (Å²) in [5.74, 6) is 0. The Morgan fingerprint density at radius 3 is 1.56 bits per heavy atom. The monoisotopic (exact) mass is 211 g/mol. The van der Waals surface area contributed by atoms with E-state index in [9.17, 15) is 0 Å². The molecule has 0 spiro atoms. The molecule has 0 aromatic heterocycles. The molecule has 2 aromatic rings. The molecule has 16 heavy (non-hydrogen) atoms. The van der Waals surface area contributed by atoms with Crippen molar-refractivity contribution in [2.24, 2.45) is 0 Å². The Balaban J connectivity index is 0.000000292. The molecule has 3 heteroatoms. The highest BCUT2D eigenvalue weighted by atomic mass is 16.4. The zero-order valence-electron chi connectivity index (χ0n) is 8.80. The number of hydrogen-bond acceptors (Lipinski definition) is 2. The average molecular weight is 211 g/mol. The van der Waals surface area contributed by atoms with Crippen LogP contribution in [-0.2, 0) is 6.42 Å². The number of benzene rings is 2. The van der Waals surface area contributed by atoms with Crippen LogP contribution in [0.5, 0.6) is 0 Å². The maximum atomic E-state index is 7.00. The van der Waals surface area contributed by atoms with Crippen LogP contribution < -0.4 is 0 Å². The lowest BCUT2D eigenvalue weighted by Gasteiger charge is -1.98. The van der Waals surface area contributed by atoms with E-state index in [1.54, 1.807) is 0 Å². The summed E-state index contributed by atoms with van der Waals surface area (Å²) >= 11 is 0. The van der Waals surface area contributed by atoms with Crippen LogP contribution in [0.15, 0.2) is 48.5 Å². The van der Waals surface area contributed by atoms with Crippen LogP contribution in [0, 0.1) is 0 Å². The fourth-order valence-corrected chi connectivity index (χ4v) is 2.08. The fraction of sp³-hybridized carbons (Fsp3) is 0.0769. The second-order valence-corrected chi connectivity index (χ2v) is 3.61. The number of fused-ring (bicyclic) bond motifs is 3. The van der Waals surface area contributed by atoms with Crippen LogP contribution in [0.25, 0.3) is 11.1 Å². The van der Waals surface area contributed by atoms with E-state index in [1.165, 1.54) is 22.3 Å². The standard InChI is InChI=1S/C13H10.BH2O2/c1-3-7-12-10(5-1)9-11-6-2-4-8-13(11)12;2-1-3/h1-8H,9H2;2-3H. The van der Waals surface area contributed by atoms with Gasteiger partial charge in [0.15, 0.2) is 0 Å². The fourth-order valence-electron chi connectivity index (χ4n) is 2.08. The van der Waals surface area contributed by atoms with Crippen molar-refractivity contribution in [3.8, 4) is 11.1 Å². The van der Waals surface area contributed by atoms with Gasteiger partial charge in [-0.1, -0.05) is 48.5 Å². The van der Waals surface area contributed by atoms with Gasteiger partial charge in [0, 0.05) is 0 Å². The summed E-state index contributed by atoms with van der Waals surface area (Å²) < 4.78 is 0. The quantitative estimate of drug-likeness (QED) is 0.556. The van der Waals surface area contributed by atoms with Crippen molar-refractivity contribution < 1.29 is 10.0 Å². The van der Waals surface area contributed by atoms with Crippen LogP contribution in [0.3, 0.4) is 0 Å². The van der Waals surface area contributed by atoms with Crippen LogP contribution >= 0.6 is 0 Å². The summed E-state index contributed by atoms with van der Waals surface area (Å²) in [6.45, 7) is 0. The van der Waals surface area contributed by atoms with E-state index >= 15 is 0 Å². The van der Waals surface area contributed by atoms with Gasteiger partial charge in [0.2, 0.25) is 0 Å². The zero-order valence-corrected chi connectivity index (χ0v) is 8.80. The van der Waals surface area contributed by atoms with E-state index in [-0.39, 0.29) is 7.69 Å². The van der Waals surface area contributed by atoms with Gasteiger partial charge in [-0.05, 0) is 28.7 Å². The molecule has 2 aromatic carbocycles. The highest BCUT2D eigenvalue weighted by Gasteiger charge is 2.15. The molecule has 0 aliphatic heterocycles. The Kier molecular flexibility index (Phi) is 3.39. The van der Waals surface area contributed by atoms with Gasteiger partial charge in [0.1, 0.15) is 0 Å².